The van der Waals surface area contributed by atoms with Crippen LogP contribution < -0.4 is 0 Å². The molecule has 1 N–H and O–H groups in total. The Bertz CT molecular complexity index is 346. The molecule has 2 nitrogen and oxygen atoms in total. The van der Waals surface area contributed by atoms with Crippen molar-refractivity contribution in [2.45, 2.75) is 51.9 Å². The molecule has 2 atom stereocenters. The molecule has 0 bridgehead atoms. The third-order valence-corrected chi connectivity index (χ3v) is 3.04. The van der Waals surface area contributed by atoms with Gasteiger partial charge >= 0.3 is 0 Å². The van der Waals surface area contributed by atoms with Gasteiger partial charge in [0, 0.05) is 0 Å². The van der Waals surface area contributed by atoms with Gasteiger partial charge in [-0.25, -0.2) is 0 Å². The molecular weight excluding hydrogens is 236 g/mol. The van der Waals surface area contributed by atoms with Crippen LogP contribution in [0.1, 0.15) is 38.7 Å². The van der Waals surface area contributed by atoms with Crippen molar-refractivity contribution >= 4 is 0 Å². The van der Waals surface area contributed by atoms with Gasteiger partial charge in [0.2, 0.25) is 0 Å². The number of aliphatic hydroxyl groups is 1. The molecule has 106 valence electrons. The maximum absolute atomic E-state index is 9.88. The van der Waals surface area contributed by atoms with Crippen LogP contribution in [0.25, 0.3) is 0 Å². The summed E-state index contributed by atoms with van der Waals surface area (Å²) in [4.78, 5) is 0. The molecule has 0 aliphatic rings. The highest BCUT2D eigenvalue weighted by molar-refractivity contribution is 5.13. The van der Waals surface area contributed by atoms with Crippen LogP contribution in [0.2, 0.25) is 0 Å². The zero-order valence-corrected chi connectivity index (χ0v) is 12.1. The van der Waals surface area contributed by atoms with Crippen molar-refractivity contribution in [3.8, 4) is 0 Å². The minimum atomic E-state index is -0.350. The van der Waals surface area contributed by atoms with Crippen LogP contribution in [-0.4, -0.2) is 17.3 Å². The van der Waals surface area contributed by atoms with Crippen LogP contribution in [0.4, 0.5) is 0 Å². The van der Waals surface area contributed by atoms with Crippen molar-refractivity contribution in [3.05, 3.63) is 48.6 Å². The Kier molecular flexibility index (Phi) is 7.46. The summed E-state index contributed by atoms with van der Waals surface area (Å²) in [6, 6.07) is 10.2. The average molecular weight is 262 g/mol. The van der Waals surface area contributed by atoms with E-state index < -0.39 is 0 Å². The molecule has 19 heavy (non-hydrogen) atoms. The Labute approximate surface area is 117 Å². The van der Waals surface area contributed by atoms with Crippen molar-refractivity contribution < 1.29 is 9.84 Å². The van der Waals surface area contributed by atoms with E-state index >= 15 is 0 Å². The van der Waals surface area contributed by atoms with Gasteiger partial charge in [0.05, 0.1) is 18.8 Å². The summed E-state index contributed by atoms with van der Waals surface area (Å²) in [5.41, 5.74) is 1.18. The highest BCUT2D eigenvalue weighted by atomic mass is 16.5. The van der Waals surface area contributed by atoms with E-state index in [1.165, 1.54) is 5.56 Å². The first kappa shape index (κ1) is 15.9. The molecule has 0 saturated heterocycles. The molecule has 0 saturated carbocycles. The molecular formula is C17H26O2. The van der Waals surface area contributed by atoms with Crippen LogP contribution in [0.3, 0.4) is 0 Å². The lowest BCUT2D eigenvalue weighted by Crippen LogP contribution is -2.22. The van der Waals surface area contributed by atoms with Crippen LogP contribution >= 0.6 is 0 Å². The first-order chi connectivity index (χ1) is 9.11. The predicted octanol–water partition coefficient (Wildman–Crippen LogP) is 3.95. The molecule has 0 aliphatic heterocycles. The molecule has 1 aromatic rings. The third kappa shape index (κ3) is 7.14. The average Bonchev–Trinajstić information content (AvgIpc) is 2.37. The molecule has 0 aromatic heterocycles. The molecule has 2 heteroatoms. The molecule has 0 amide bonds. The van der Waals surface area contributed by atoms with Crippen molar-refractivity contribution in [1.82, 2.24) is 0 Å². The number of benzene rings is 1. The van der Waals surface area contributed by atoms with Gasteiger partial charge in [0.25, 0.3) is 0 Å². The van der Waals surface area contributed by atoms with Crippen molar-refractivity contribution in [2.75, 3.05) is 0 Å². The lowest BCUT2D eigenvalue weighted by Gasteiger charge is -2.22. The van der Waals surface area contributed by atoms with E-state index in [1.807, 2.05) is 18.2 Å². The number of ether oxygens (including phenoxy) is 1. The summed E-state index contributed by atoms with van der Waals surface area (Å²) in [6.45, 7) is 8.63. The van der Waals surface area contributed by atoms with Crippen LogP contribution in [0.5, 0.6) is 0 Å². The van der Waals surface area contributed by atoms with Crippen LogP contribution in [0, 0.1) is 5.92 Å². The second kappa shape index (κ2) is 8.89. The maximum Gasteiger partial charge on any atom is 0.0720 e. The van der Waals surface area contributed by atoms with E-state index in [0.717, 1.165) is 6.42 Å². The Morgan fingerprint density at radius 2 is 1.89 bits per heavy atom. The Morgan fingerprint density at radius 3 is 2.47 bits per heavy atom. The van der Waals surface area contributed by atoms with Gasteiger partial charge in [0.1, 0.15) is 0 Å². The topological polar surface area (TPSA) is 29.5 Å². The molecule has 0 fully saturated rings. The van der Waals surface area contributed by atoms with Crippen LogP contribution in [0.15, 0.2) is 43.0 Å². The maximum atomic E-state index is 9.88. The summed E-state index contributed by atoms with van der Waals surface area (Å²) in [6.07, 6.45) is 3.79. The monoisotopic (exact) mass is 262 g/mol. The zero-order chi connectivity index (χ0) is 14.1. The lowest BCUT2D eigenvalue weighted by atomic mass is 9.99. The predicted molar refractivity (Wildman–Crippen MR) is 79.9 cm³/mol. The van der Waals surface area contributed by atoms with Gasteiger partial charge in [-0.15, -0.1) is 6.58 Å². The molecule has 1 aromatic carbocycles. The molecule has 0 heterocycles. The van der Waals surface area contributed by atoms with Gasteiger partial charge < -0.3 is 9.84 Å². The molecule has 0 unspecified atom stereocenters. The van der Waals surface area contributed by atoms with Gasteiger partial charge in [-0.1, -0.05) is 50.3 Å². The smallest absolute Gasteiger partial charge is 0.0720 e. The zero-order valence-electron chi connectivity index (χ0n) is 12.1. The largest absolute Gasteiger partial charge is 0.393 e. The van der Waals surface area contributed by atoms with Gasteiger partial charge in [-0.05, 0) is 30.7 Å². The Balaban J connectivity index is 2.47. The highest BCUT2D eigenvalue weighted by Gasteiger charge is 2.16. The third-order valence-electron chi connectivity index (χ3n) is 3.04. The number of aliphatic hydroxyl groups excluding tert-OH is 1. The van der Waals surface area contributed by atoms with E-state index in [0.29, 0.717) is 25.4 Å². The normalized spacial score (nSPS) is 14.3. The van der Waals surface area contributed by atoms with E-state index in [4.69, 9.17) is 4.74 Å². The second-order valence-corrected chi connectivity index (χ2v) is 5.46. The fourth-order valence-electron chi connectivity index (χ4n) is 2.14. The summed E-state index contributed by atoms with van der Waals surface area (Å²) in [5, 5.41) is 9.88. The number of rotatable bonds is 9. The van der Waals surface area contributed by atoms with Crippen LogP contribution in [-0.2, 0) is 11.3 Å². The molecule has 0 radical (unpaired) electrons. The molecule has 0 spiro atoms. The SMILES string of the molecule is C=CC[C@@H](O)C[C@@H](CC(C)C)OCc1ccccc1. The Morgan fingerprint density at radius 1 is 1.21 bits per heavy atom. The summed E-state index contributed by atoms with van der Waals surface area (Å²) < 4.78 is 5.96. The van der Waals surface area contributed by atoms with Gasteiger partial charge in [-0.2, -0.15) is 0 Å². The Hall–Kier alpha value is -1.12. The molecule has 1 rings (SSSR count). The number of hydrogen-bond acceptors (Lipinski definition) is 2. The van der Waals surface area contributed by atoms with Crippen molar-refractivity contribution in [2.24, 2.45) is 5.92 Å². The first-order valence-corrected chi connectivity index (χ1v) is 7.06. The summed E-state index contributed by atoms with van der Waals surface area (Å²) in [7, 11) is 0. The minimum Gasteiger partial charge on any atom is -0.393 e. The standard InChI is InChI=1S/C17H26O2/c1-4-8-16(18)12-17(11-14(2)3)19-13-15-9-6-5-7-10-15/h4-7,9-10,14,16-18H,1,8,11-13H2,2-3H3/t16-,17-/m1/s1. The van der Waals surface area contributed by atoms with Crippen molar-refractivity contribution in [1.29, 1.82) is 0 Å². The quantitative estimate of drug-likeness (QED) is 0.683. The first-order valence-electron chi connectivity index (χ1n) is 7.06. The fourth-order valence-corrected chi connectivity index (χ4v) is 2.14. The minimum absolute atomic E-state index is 0.107. The van der Waals surface area contributed by atoms with E-state index in [9.17, 15) is 5.11 Å². The van der Waals surface area contributed by atoms with E-state index in [-0.39, 0.29) is 12.2 Å². The van der Waals surface area contributed by atoms with E-state index in [2.05, 4.69) is 32.6 Å². The summed E-state index contributed by atoms with van der Waals surface area (Å²) in [5.74, 6) is 0.566. The molecule has 0 aliphatic carbocycles. The highest BCUT2D eigenvalue weighted by Crippen LogP contribution is 2.17. The number of hydrogen-bond donors (Lipinski definition) is 1. The fraction of sp³-hybridized carbons (Fsp3) is 0.529. The van der Waals surface area contributed by atoms with Crippen molar-refractivity contribution in [3.63, 3.8) is 0 Å². The lowest BCUT2D eigenvalue weighted by molar-refractivity contribution is -0.00617. The van der Waals surface area contributed by atoms with Gasteiger partial charge in [0.15, 0.2) is 0 Å². The second-order valence-electron chi connectivity index (χ2n) is 5.46. The van der Waals surface area contributed by atoms with E-state index in [1.54, 1.807) is 6.08 Å². The van der Waals surface area contributed by atoms with Gasteiger partial charge in [-0.3, -0.25) is 0 Å². The summed E-state index contributed by atoms with van der Waals surface area (Å²) >= 11 is 0.